The van der Waals surface area contributed by atoms with E-state index in [4.69, 9.17) is 23.4 Å². The van der Waals surface area contributed by atoms with Gasteiger partial charge in [0.25, 0.3) is 8.32 Å². The van der Waals surface area contributed by atoms with Crippen LogP contribution < -0.4 is 15.7 Å². The van der Waals surface area contributed by atoms with Crippen LogP contribution in [0.2, 0.25) is 5.04 Å². The summed E-state index contributed by atoms with van der Waals surface area (Å²) in [6.07, 6.45) is -2.31. The summed E-state index contributed by atoms with van der Waals surface area (Å²) in [6.45, 7) is 15.5. The van der Waals surface area contributed by atoms with Gasteiger partial charge in [-0.25, -0.2) is 9.59 Å². The van der Waals surface area contributed by atoms with E-state index in [2.05, 4.69) is 50.4 Å². The number of carbonyl (C=O) groups excluding carboxylic acids is 2. The van der Waals surface area contributed by atoms with Crippen molar-refractivity contribution in [1.29, 1.82) is 0 Å². The van der Waals surface area contributed by atoms with Crippen molar-refractivity contribution in [2.45, 2.75) is 90.1 Å². The molecule has 0 aliphatic carbocycles. The number of amides is 1. The molecule has 0 spiro atoms. The summed E-state index contributed by atoms with van der Waals surface area (Å²) in [4.78, 5) is 25.6. The topological polar surface area (TPSA) is 92.3 Å². The first kappa shape index (κ1) is 30.8. The zero-order valence-electron chi connectivity index (χ0n) is 24.6. The van der Waals surface area contributed by atoms with Gasteiger partial charge >= 0.3 is 12.1 Å². The van der Waals surface area contributed by atoms with E-state index >= 15 is 0 Å². The lowest BCUT2D eigenvalue weighted by atomic mass is 10.1. The van der Waals surface area contributed by atoms with Crippen LogP contribution in [0, 0.1) is 0 Å². The fourth-order valence-electron chi connectivity index (χ4n) is 5.08. The number of ether oxygens (including phenoxy) is 4. The van der Waals surface area contributed by atoms with Crippen LogP contribution in [-0.2, 0) is 28.2 Å². The standard InChI is InChI=1S/C30H43NO7Si/c1-28(2,3)38-27(33)31-24(26(32)34-9)25-23(36-30(7,8)37-25)20-35-39(29(4,5)6,21-16-12-10-13-17-21)22-18-14-11-15-19-22/h10-19,23-25H,20H2,1-9H3,(H,31,33)/t23-,24-,25+/m0/s1. The highest BCUT2D eigenvalue weighted by atomic mass is 28.4. The van der Waals surface area contributed by atoms with E-state index in [1.165, 1.54) is 7.11 Å². The Morgan fingerprint density at radius 1 is 0.923 bits per heavy atom. The molecule has 0 aromatic heterocycles. The molecule has 9 heteroatoms. The third-order valence-electron chi connectivity index (χ3n) is 6.56. The lowest BCUT2D eigenvalue weighted by Gasteiger charge is -2.43. The Labute approximate surface area is 233 Å². The average Bonchev–Trinajstić information content (AvgIpc) is 3.16. The van der Waals surface area contributed by atoms with Gasteiger partial charge in [-0.15, -0.1) is 0 Å². The van der Waals surface area contributed by atoms with Gasteiger partial charge < -0.3 is 28.7 Å². The number of hydrogen-bond acceptors (Lipinski definition) is 7. The maximum atomic E-state index is 12.9. The third-order valence-corrected chi connectivity index (χ3v) is 11.6. The average molecular weight is 558 g/mol. The summed E-state index contributed by atoms with van der Waals surface area (Å²) >= 11 is 0. The van der Waals surface area contributed by atoms with Crippen LogP contribution in [0.15, 0.2) is 60.7 Å². The first-order valence-electron chi connectivity index (χ1n) is 13.3. The molecule has 1 heterocycles. The minimum atomic E-state index is -2.89. The fraction of sp³-hybridized carbons (Fsp3) is 0.533. The normalized spacial score (nSPS) is 20.2. The summed E-state index contributed by atoms with van der Waals surface area (Å²) in [7, 11) is -1.63. The highest BCUT2D eigenvalue weighted by Gasteiger charge is 2.53. The zero-order valence-corrected chi connectivity index (χ0v) is 25.6. The maximum Gasteiger partial charge on any atom is 0.408 e. The number of nitrogens with one attached hydrogen (secondary N) is 1. The number of hydrogen-bond donors (Lipinski definition) is 1. The second kappa shape index (κ2) is 11.8. The molecule has 2 aromatic rings. The molecule has 3 atom stereocenters. The van der Waals surface area contributed by atoms with Crippen LogP contribution in [0.1, 0.15) is 55.4 Å². The van der Waals surface area contributed by atoms with Crippen molar-refractivity contribution in [2.24, 2.45) is 0 Å². The van der Waals surface area contributed by atoms with Crippen LogP contribution in [-0.4, -0.2) is 63.7 Å². The predicted molar refractivity (Wildman–Crippen MR) is 153 cm³/mol. The van der Waals surface area contributed by atoms with Gasteiger partial charge in [0.1, 0.15) is 17.8 Å². The fourth-order valence-corrected chi connectivity index (χ4v) is 9.65. The molecule has 214 valence electrons. The summed E-state index contributed by atoms with van der Waals surface area (Å²) in [5.41, 5.74) is -0.747. The van der Waals surface area contributed by atoms with Gasteiger partial charge in [0.15, 0.2) is 11.8 Å². The molecule has 1 aliphatic rings. The molecular formula is C30H43NO7Si. The summed E-state index contributed by atoms with van der Waals surface area (Å²) in [5.74, 6) is -1.69. The van der Waals surface area contributed by atoms with E-state index in [9.17, 15) is 9.59 Å². The zero-order chi connectivity index (χ0) is 29.1. The first-order valence-corrected chi connectivity index (χ1v) is 15.2. The van der Waals surface area contributed by atoms with E-state index in [0.717, 1.165) is 10.4 Å². The monoisotopic (exact) mass is 557 g/mol. The van der Waals surface area contributed by atoms with E-state index in [0.29, 0.717) is 0 Å². The van der Waals surface area contributed by atoms with Crippen molar-refractivity contribution in [3.63, 3.8) is 0 Å². The van der Waals surface area contributed by atoms with Crippen LogP contribution in [0.4, 0.5) is 4.79 Å². The number of benzene rings is 2. The van der Waals surface area contributed by atoms with Crippen molar-refractivity contribution in [3.05, 3.63) is 60.7 Å². The molecule has 0 bridgehead atoms. The lowest BCUT2D eigenvalue weighted by Crippen LogP contribution is -2.67. The van der Waals surface area contributed by atoms with Crippen molar-refractivity contribution in [1.82, 2.24) is 5.32 Å². The molecule has 0 saturated carbocycles. The predicted octanol–water partition coefficient (Wildman–Crippen LogP) is 4.15. The third kappa shape index (κ3) is 7.28. The molecule has 1 N–H and O–H groups in total. The van der Waals surface area contributed by atoms with E-state index in [-0.39, 0.29) is 11.6 Å². The first-order chi connectivity index (χ1) is 18.1. The smallest absolute Gasteiger partial charge is 0.408 e. The van der Waals surface area contributed by atoms with E-state index in [1.54, 1.807) is 34.6 Å². The second-order valence-electron chi connectivity index (χ2n) is 12.3. The summed E-state index contributed by atoms with van der Waals surface area (Å²) in [6, 6.07) is 19.3. The maximum absolute atomic E-state index is 12.9. The quantitative estimate of drug-likeness (QED) is 0.385. The van der Waals surface area contributed by atoms with E-state index < -0.39 is 50.0 Å². The molecule has 1 aliphatic heterocycles. The molecule has 0 unspecified atom stereocenters. The summed E-state index contributed by atoms with van der Waals surface area (Å²) < 4.78 is 30.0. The Hall–Kier alpha value is -2.72. The van der Waals surface area contributed by atoms with Gasteiger partial charge in [-0.05, 0) is 50.0 Å². The molecule has 1 amide bonds. The van der Waals surface area contributed by atoms with Gasteiger partial charge in [-0.1, -0.05) is 81.4 Å². The van der Waals surface area contributed by atoms with Crippen LogP contribution >= 0.6 is 0 Å². The van der Waals surface area contributed by atoms with Crippen LogP contribution in [0.5, 0.6) is 0 Å². The van der Waals surface area contributed by atoms with Crippen molar-refractivity contribution >= 4 is 30.8 Å². The Morgan fingerprint density at radius 3 is 1.87 bits per heavy atom. The van der Waals surface area contributed by atoms with Gasteiger partial charge in [0.05, 0.1) is 13.7 Å². The Morgan fingerprint density at radius 2 is 1.44 bits per heavy atom. The SMILES string of the molecule is COC(=O)[C@@H](NC(=O)OC(C)(C)C)[C@@H]1OC(C)(C)O[C@H]1CO[Si](c1ccccc1)(c1ccccc1)C(C)(C)C. The Balaban J connectivity index is 2.00. The highest BCUT2D eigenvalue weighted by molar-refractivity contribution is 6.99. The number of esters is 1. The van der Waals surface area contributed by atoms with Gasteiger partial charge in [-0.2, -0.15) is 0 Å². The van der Waals surface area contributed by atoms with Crippen LogP contribution in [0.25, 0.3) is 0 Å². The van der Waals surface area contributed by atoms with Crippen molar-refractivity contribution < 1.29 is 33.0 Å². The molecule has 1 saturated heterocycles. The van der Waals surface area contributed by atoms with Gasteiger partial charge in [0, 0.05) is 0 Å². The summed E-state index contributed by atoms with van der Waals surface area (Å²) in [5, 5.41) is 4.63. The number of methoxy groups -OCH3 is 1. The van der Waals surface area contributed by atoms with Gasteiger partial charge in [0.2, 0.25) is 0 Å². The van der Waals surface area contributed by atoms with Crippen molar-refractivity contribution in [2.75, 3.05) is 13.7 Å². The lowest BCUT2D eigenvalue weighted by molar-refractivity contribution is -0.159. The molecule has 1 fully saturated rings. The number of rotatable bonds is 8. The molecule has 8 nitrogen and oxygen atoms in total. The minimum Gasteiger partial charge on any atom is -0.467 e. The molecule has 39 heavy (non-hydrogen) atoms. The number of alkyl carbamates (subject to hydrolysis) is 1. The van der Waals surface area contributed by atoms with Crippen molar-refractivity contribution in [3.8, 4) is 0 Å². The second-order valence-corrected chi connectivity index (χ2v) is 16.6. The molecule has 0 radical (unpaired) electrons. The number of carbonyl (C=O) groups is 2. The highest BCUT2D eigenvalue weighted by Crippen LogP contribution is 2.38. The Kier molecular flexibility index (Phi) is 9.32. The molecule has 2 aromatic carbocycles. The van der Waals surface area contributed by atoms with E-state index in [1.807, 2.05) is 36.4 Å². The Bertz CT molecular complexity index is 1070. The largest absolute Gasteiger partial charge is 0.467 e. The van der Waals surface area contributed by atoms with Gasteiger partial charge in [-0.3, -0.25) is 0 Å². The molecule has 3 rings (SSSR count). The minimum absolute atomic E-state index is 0.130. The molecular weight excluding hydrogens is 514 g/mol. The van der Waals surface area contributed by atoms with Crippen LogP contribution in [0.3, 0.4) is 0 Å².